The summed E-state index contributed by atoms with van der Waals surface area (Å²) >= 11 is 0. The number of nitrogens with two attached hydrogens (primary N) is 1. The van der Waals surface area contributed by atoms with Gasteiger partial charge < -0.3 is 41.4 Å². The minimum absolute atomic E-state index is 0. The summed E-state index contributed by atoms with van der Waals surface area (Å²) < 4.78 is 0. The van der Waals surface area contributed by atoms with Crippen molar-refractivity contribution in [1.29, 1.82) is 0 Å². The number of primary amides is 1. The smallest absolute Gasteiger partial charge is 0.231 e. The van der Waals surface area contributed by atoms with Crippen LogP contribution in [0.2, 0.25) is 0 Å². The fourth-order valence-electron chi connectivity index (χ4n) is 2.43. The van der Waals surface area contributed by atoms with E-state index >= 15 is 0 Å². The second-order valence-corrected chi connectivity index (χ2v) is 5.64. The van der Waals surface area contributed by atoms with E-state index in [4.69, 9.17) is 5.73 Å². The maximum atomic E-state index is 10.8. The molecule has 5 heteroatoms. The summed E-state index contributed by atoms with van der Waals surface area (Å²) in [6.45, 7) is 0.182. The van der Waals surface area contributed by atoms with Crippen molar-refractivity contribution in [2.24, 2.45) is 5.73 Å². The molecule has 0 spiro atoms. The number of carbonyl (C=O) groups excluding carboxylic acids is 1. The Balaban J connectivity index is 0.000000500. The van der Waals surface area contributed by atoms with E-state index in [1.165, 1.54) is 0 Å². The third kappa shape index (κ3) is 10.3. The average Bonchev–Trinajstić information content (AvgIpc) is 3.48. The van der Waals surface area contributed by atoms with Crippen LogP contribution >= 0.6 is 0 Å². The maximum Gasteiger partial charge on any atom is 0.231 e. The van der Waals surface area contributed by atoms with E-state index in [1.807, 2.05) is 109 Å². The molecule has 0 unspecified atom stereocenters. The number of rotatable bonds is 5. The molecule has 3 nitrogen and oxygen atoms in total. The Morgan fingerprint density at radius 3 is 1.46 bits per heavy atom. The molecule has 0 aliphatic carbocycles. The van der Waals surface area contributed by atoms with E-state index in [9.17, 15) is 4.79 Å². The average molecular weight is 456 g/mol. The van der Waals surface area contributed by atoms with Crippen molar-refractivity contribution in [2.75, 3.05) is 6.54 Å². The molecule has 0 saturated heterocycles. The van der Waals surface area contributed by atoms with Crippen molar-refractivity contribution in [3.05, 3.63) is 120 Å². The molecule has 0 bridgehead atoms. The van der Waals surface area contributed by atoms with Crippen LogP contribution in [0.5, 0.6) is 0 Å². The van der Waals surface area contributed by atoms with Crippen molar-refractivity contribution in [3.8, 4) is 0 Å². The van der Waals surface area contributed by atoms with Gasteiger partial charge in [0.25, 0.3) is 0 Å². The largest absolute Gasteiger partial charge is 0.748 e. The second-order valence-electron chi connectivity index (χ2n) is 5.64. The molecule has 0 aliphatic rings. The monoisotopic (exact) mass is 456 g/mol. The Hall–Kier alpha value is -2.13. The summed E-state index contributed by atoms with van der Waals surface area (Å²) in [5.41, 5.74) is 7.44. The summed E-state index contributed by atoms with van der Waals surface area (Å²) in [4.78, 5) is 10.8. The van der Waals surface area contributed by atoms with Gasteiger partial charge in [-0.05, 0) is 6.04 Å². The SMILES string of the molecule is NC(=O)CNC([c-]1cccc1)[c-]1cccc1.[Fe].[Fe].[cH-]1[cH-][cH-][cH-][cH-]1.c1cc[cH-]c1. The minimum Gasteiger partial charge on any atom is -0.748 e. The fourth-order valence-corrected chi connectivity index (χ4v) is 2.43. The van der Waals surface area contributed by atoms with Gasteiger partial charge in [-0.2, -0.15) is 42.5 Å². The summed E-state index contributed by atoms with van der Waals surface area (Å²) in [7, 11) is 0. The van der Waals surface area contributed by atoms with Gasteiger partial charge in [0.2, 0.25) is 5.91 Å². The molecule has 4 aromatic rings. The summed E-state index contributed by atoms with van der Waals surface area (Å²) in [6, 6.07) is 36.1. The van der Waals surface area contributed by atoms with E-state index in [1.54, 1.807) is 0 Å². The van der Waals surface area contributed by atoms with E-state index in [-0.39, 0.29) is 52.6 Å². The van der Waals surface area contributed by atoms with Crippen LogP contribution in [0.3, 0.4) is 0 Å². The molecular formula is C23H24Fe2N2O-8. The molecule has 0 atom stereocenters. The van der Waals surface area contributed by atoms with Crippen LogP contribution in [0.1, 0.15) is 17.2 Å². The quantitative estimate of drug-likeness (QED) is 0.351. The second kappa shape index (κ2) is 15.9. The zero-order valence-electron chi connectivity index (χ0n) is 15.4. The first-order valence-corrected chi connectivity index (χ1v) is 8.55. The molecule has 1 amide bonds. The normalized spacial score (nSPS) is 9.04. The third-order valence-corrected chi connectivity index (χ3v) is 3.64. The summed E-state index contributed by atoms with van der Waals surface area (Å²) in [5, 5.41) is 3.15. The van der Waals surface area contributed by atoms with Crippen LogP contribution in [0.15, 0.2) is 109 Å². The van der Waals surface area contributed by atoms with Gasteiger partial charge in [0, 0.05) is 34.1 Å². The number of amides is 1. The summed E-state index contributed by atoms with van der Waals surface area (Å²) in [6.07, 6.45) is 0. The first kappa shape index (κ1) is 25.9. The van der Waals surface area contributed by atoms with Gasteiger partial charge in [-0.3, -0.25) is 4.79 Å². The molecule has 28 heavy (non-hydrogen) atoms. The number of hydrogen-bond acceptors (Lipinski definition) is 2. The van der Waals surface area contributed by atoms with Crippen molar-refractivity contribution in [2.45, 2.75) is 6.04 Å². The van der Waals surface area contributed by atoms with Crippen LogP contribution in [0.4, 0.5) is 0 Å². The Bertz CT molecular complexity index is 679. The zero-order chi connectivity index (χ0) is 18.5. The molecule has 3 N–H and O–H groups in total. The molecule has 4 aromatic carbocycles. The predicted octanol–water partition coefficient (Wildman–Crippen LogP) is 4.09. The van der Waals surface area contributed by atoms with Crippen LogP contribution in [0.25, 0.3) is 0 Å². The fraction of sp³-hybridized carbons (Fsp3) is 0.0870. The topological polar surface area (TPSA) is 55.1 Å². The first-order valence-electron chi connectivity index (χ1n) is 8.55. The molecule has 4 rings (SSSR count). The van der Waals surface area contributed by atoms with Crippen LogP contribution in [-0.4, -0.2) is 12.5 Å². The van der Waals surface area contributed by atoms with Gasteiger partial charge in [0.05, 0.1) is 6.54 Å². The van der Waals surface area contributed by atoms with Crippen molar-refractivity contribution in [1.82, 2.24) is 5.32 Å². The third-order valence-electron chi connectivity index (χ3n) is 3.64. The Labute approximate surface area is 188 Å². The van der Waals surface area contributed by atoms with Crippen molar-refractivity contribution in [3.63, 3.8) is 0 Å². The van der Waals surface area contributed by atoms with Gasteiger partial charge in [0.15, 0.2) is 0 Å². The molecule has 0 aromatic heterocycles. The van der Waals surface area contributed by atoms with Crippen molar-refractivity contribution >= 4 is 5.91 Å². The minimum atomic E-state index is -0.344. The Kier molecular flexibility index (Phi) is 14.7. The van der Waals surface area contributed by atoms with Gasteiger partial charge >= 0.3 is 0 Å². The van der Waals surface area contributed by atoms with Gasteiger partial charge in [-0.15, -0.1) is 11.1 Å². The van der Waals surface area contributed by atoms with E-state index < -0.39 is 0 Å². The predicted molar refractivity (Wildman–Crippen MR) is 107 cm³/mol. The first-order chi connectivity index (χ1) is 12.8. The Morgan fingerprint density at radius 2 is 1.18 bits per heavy atom. The van der Waals surface area contributed by atoms with E-state index in [0.29, 0.717) is 0 Å². The molecular weight excluding hydrogens is 432 g/mol. The van der Waals surface area contributed by atoms with E-state index in [0.717, 1.165) is 11.1 Å². The molecule has 156 valence electrons. The maximum absolute atomic E-state index is 10.8. The molecule has 0 radical (unpaired) electrons. The molecule has 0 aliphatic heterocycles. The van der Waals surface area contributed by atoms with Crippen LogP contribution < -0.4 is 11.1 Å². The zero-order valence-corrected chi connectivity index (χ0v) is 17.6. The van der Waals surface area contributed by atoms with Crippen LogP contribution in [0, 0.1) is 0 Å². The van der Waals surface area contributed by atoms with E-state index in [2.05, 4.69) is 5.32 Å². The molecule has 0 saturated carbocycles. The molecule has 0 fully saturated rings. The van der Waals surface area contributed by atoms with Gasteiger partial charge in [-0.25, -0.2) is 36.4 Å². The van der Waals surface area contributed by atoms with Gasteiger partial charge in [0.1, 0.15) is 0 Å². The number of nitrogens with one attached hydrogen (secondary N) is 1. The number of carbonyl (C=O) groups is 1. The number of hydrogen-bond donors (Lipinski definition) is 2. The summed E-state index contributed by atoms with van der Waals surface area (Å²) in [5.74, 6) is -0.344. The molecule has 0 heterocycles. The van der Waals surface area contributed by atoms with Crippen LogP contribution in [-0.2, 0) is 38.9 Å². The van der Waals surface area contributed by atoms with Gasteiger partial charge in [-0.1, -0.05) is 0 Å². The standard InChI is InChI=1S/C13H14N2O.2C5H5.2Fe/c14-12(16)9-15-13(10-5-1-2-6-10)11-7-3-4-8-11;2*1-2-4-5-3-1;;/h1-8,13,15H,9H2,(H2,14,16);2*1-5H;;/q-2;-5;-1;;. The Morgan fingerprint density at radius 1 is 0.786 bits per heavy atom. The van der Waals surface area contributed by atoms with Crippen molar-refractivity contribution < 1.29 is 38.9 Å².